The average molecular weight is 271 g/mol. The van der Waals surface area contributed by atoms with Crippen LogP contribution in [0.3, 0.4) is 0 Å². The molecular weight excluding hydrogens is 252 g/mol. The van der Waals surface area contributed by atoms with E-state index in [0.717, 1.165) is 16.9 Å². The summed E-state index contributed by atoms with van der Waals surface area (Å²) < 4.78 is 5.30. The highest BCUT2D eigenvalue weighted by molar-refractivity contribution is 6.21. The molecule has 0 aliphatic carbocycles. The zero-order valence-electron chi connectivity index (χ0n) is 10.9. The number of carboxylic acid groups (broad SMARTS) is 1. The highest BCUT2D eigenvalue weighted by Gasteiger charge is 2.13. The Kier molecular flexibility index (Phi) is 5.48. The van der Waals surface area contributed by atoms with Gasteiger partial charge >= 0.3 is 5.97 Å². The lowest BCUT2D eigenvalue weighted by Crippen LogP contribution is -2.10. The van der Waals surface area contributed by atoms with Gasteiger partial charge in [0.05, 0.1) is 13.5 Å². The fourth-order valence-electron chi connectivity index (χ4n) is 1.88. The van der Waals surface area contributed by atoms with Gasteiger partial charge in [0.25, 0.3) is 0 Å². The van der Waals surface area contributed by atoms with E-state index in [1.54, 1.807) is 7.11 Å². The van der Waals surface area contributed by atoms with Crippen LogP contribution in [0.1, 0.15) is 37.3 Å². The molecule has 0 amide bonds. The molecule has 1 N–H and O–H groups in total. The van der Waals surface area contributed by atoms with Crippen molar-refractivity contribution in [2.45, 2.75) is 38.0 Å². The summed E-state index contributed by atoms with van der Waals surface area (Å²) in [6.45, 7) is 4.19. The Balaban J connectivity index is 2.84. The van der Waals surface area contributed by atoms with Crippen molar-refractivity contribution in [3.63, 3.8) is 0 Å². The number of methoxy groups -OCH3 is 1. The van der Waals surface area contributed by atoms with Gasteiger partial charge in [0.2, 0.25) is 0 Å². The molecule has 1 aromatic carbocycles. The second kappa shape index (κ2) is 6.64. The molecule has 0 saturated carbocycles. The molecule has 0 saturated heterocycles. The van der Waals surface area contributed by atoms with Crippen molar-refractivity contribution < 1.29 is 14.6 Å². The molecule has 0 spiro atoms. The number of benzene rings is 1. The Morgan fingerprint density at radius 3 is 2.61 bits per heavy atom. The lowest BCUT2D eigenvalue weighted by Gasteiger charge is -2.14. The molecule has 0 fully saturated rings. The molecule has 18 heavy (non-hydrogen) atoms. The minimum atomic E-state index is -0.868. The first kappa shape index (κ1) is 14.8. The van der Waals surface area contributed by atoms with E-state index in [2.05, 4.69) is 13.8 Å². The second-order valence-electron chi connectivity index (χ2n) is 4.63. The number of aliphatic carboxylic acids is 1. The van der Waals surface area contributed by atoms with E-state index in [1.165, 1.54) is 0 Å². The number of halogens is 1. The summed E-state index contributed by atoms with van der Waals surface area (Å²) in [7, 11) is 1.65. The number of rotatable bonds is 6. The SMILES string of the molecule is COc1ccc(CC(Cl)CC(=O)O)cc1C(C)C. The maximum absolute atomic E-state index is 10.6. The van der Waals surface area contributed by atoms with E-state index in [4.69, 9.17) is 21.4 Å². The predicted molar refractivity (Wildman–Crippen MR) is 72.7 cm³/mol. The largest absolute Gasteiger partial charge is 0.496 e. The van der Waals surface area contributed by atoms with Crippen LogP contribution in [0.25, 0.3) is 0 Å². The van der Waals surface area contributed by atoms with Gasteiger partial charge in [0.1, 0.15) is 5.75 Å². The number of ether oxygens (including phenoxy) is 1. The van der Waals surface area contributed by atoms with E-state index in [-0.39, 0.29) is 11.8 Å². The van der Waals surface area contributed by atoms with Gasteiger partial charge in [-0.3, -0.25) is 4.79 Å². The zero-order chi connectivity index (χ0) is 13.7. The maximum Gasteiger partial charge on any atom is 0.304 e. The molecule has 0 aliphatic rings. The predicted octanol–water partition coefficient (Wildman–Crippen LogP) is 3.44. The first-order chi connectivity index (χ1) is 8.43. The Hall–Kier alpha value is -1.22. The summed E-state index contributed by atoms with van der Waals surface area (Å²) in [5, 5.41) is 8.30. The summed E-state index contributed by atoms with van der Waals surface area (Å²) >= 11 is 6.00. The van der Waals surface area contributed by atoms with Crippen molar-refractivity contribution in [2.24, 2.45) is 0 Å². The number of hydrogen-bond acceptors (Lipinski definition) is 2. The van der Waals surface area contributed by atoms with E-state index < -0.39 is 5.97 Å². The number of carboxylic acids is 1. The van der Waals surface area contributed by atoms with Crippen molar-refractivity contribution in [3.05, 3.63) is 29.3 Å². The van der Waals surface area contributed by atoms with E-state index in [9.17, 15) is 4.79 Å². The quantitative estimate of drug-likeness (QED) is 0.806. The third-order valence-electron chi connectivity index (χ3n) is 2.77. The normalized spacial score (nSPS) is 12.5. The van der Waals surface area contributed by atoms with Gasteiger partial charge in [-0.1, -0.05) is 26.0 Å². The first-order valence-electron chi connectivity index (χ1n) is 5.96. The third kappa shape index (κ3) is 4.22. The Morgan fingerprint density at radius 2 is 2.11 bits per heavy atom. The number of carbonyl (C=O) groups is 1. The molecular formula is C14H19ClO3. The molecule has 0 aliphatic heterocycles. The molecule has 1 aromatic rings. The molecule has 0 heterocycles. The van der Waals surface area contributed by atoms with Crippen LogP contribution in [0.5, 0.6) is 5.75 Å². The van der Waals surface area contributed by atoms with E-state index >= 15 is 0 Å². The van der Waals surface area contributed by atoms with Crippen molar-refractivity contribution in [3.8, 4) is 5.75 Å². The summed E-state index contributed by atoms with van der Waals surface area (Å²) in [5.74, 6) is 0.346. The molecule has 3 nitrogen and oxygen atoms in total. The van der Waals surface area contributed by atoms with Crippen LogP contribution in [0.2, 0.25) is 0 Å². The van der Waals surface area contributed by atoms with Gasteiger partial charge in [-0.25, -0.2) is 0 Å². The van der Waals surface area contributed by atoms with Crippen LogP contribution in [0, 0.1) is 0 Å². The van der Waals surface area contributed by atoms with Crippen LogP contribution in [-0.4, -0.2) is 23.6 Å². The van der Waals surface area contributed by atoms with Crippen molar-refractivity contribution in [2.75, 3.05) is 7.11 Å². The van der Waals surface area contributed by atoms with Gasteiger partial charge in [-0.05, 0) is 29.5 Å². The zero-order valence-corrected chi connectivity index (χ0v) is 11.7. The van der Waals surface area contributed by atoms with Crippen LogP contribution >= 0.6 is 11.6 Å². The molecule has 4 heteroatoms. The Morgan fingerprint density at radius 1 is 1.44 bits per heavy atom. The van der Waals surface area contributed by atoms with Crippen LogP contribution in [0.4, 0.5) is 0 Å². The summed E-state index contributed by atoms with van der Waals surface area (Å²) in [4.78, 5) is 10.6. The van der Waals surface area contributed by atoms with Gasteiger partial charge in [0, 0.05) is 5.38 Å². The molecule has 0 bridgehead atoms. The monoisotopic (exact) mass is 270 g/mol. The Labute approximate surface area is 113 Å². The fourth-order valence-corrected chi connectivity index (χ4v) is 2.19. The number of alkyl halides is 1. The lowest BCUT2D eigenvalue weighted by atomic mass is 9.97. The minimum absolute atomic E-state index is 0.0232. The van der Waals surface area contributed by atoms with Gasteiger partial charge in [-0.15, -0.1) is 11.6 Å². The topological polar surface area (TPSA) is 46.5 Å². The third-order valence-corrected chi connectivity index (χ3v) is 3.08. The molecule has 1 unspecified atom stereocenters. The molecule has 1 atom stereocenters. The van der Waals surface area contributed by atoms with Crippen molar-refractivity contribution in [1.82, 2.24) is 0 Å². The van der Waals surface area contributed by atoms with Gasteiger partial charge in [0.15, 0.2) is 0 Å². The summed E-state index contributed by atoms with van der Waals surface area (Å²) in [6.07, 6.45) is 0.530. The smallest absolute Gasteiger partial charge is 0.304 e. The fraction of sp³-hybridized carbons (Fsp3) is 0.500. The molecule has 0 radical (unpaired) electrons. The van der Waals surface area contributed by atoms with Crippen LogP contribution in [0.15, 0.2) is 18.2 Å². The highest BCUT2D eigenvalue weighted by Crippen LogP contribution is 2.28. The van der Waals surface area contributed by atoms with Gasteiger partial charge in [-0.2, -0.15) is 0 Å². The van der Waals surface area contributed by atoms with Gasteiger partial charge < -0.3 is 9.84 Å². The summed E-state index contributed by atoms with van der Waals surface area (Å²) in [5.41, 5.74) is 2.16. The maximum atomic E-state index is 10.6. The Bertz CT molecular complexity index is 416. The van der Waals surface area contributed by atoms with Crippen LogP contribution < -0.4 is 4.74 Å². The highest BCUT2D eigenvalue weighted by atomic mass is 35.5. The van der Waals surface area contributed by atoms with E-state index in [1.807, 2.05) is 18.2 Å². The van der Waals surface area contributed by atoms with Crippen molar-refractivity contribution in [1.29, 1.82) is 0 Å². The molecule has 100 valence electrons. The minimum Gasteiger partial charge on any atom is -0.496 e. The summed E-state index contributed by atoms with van der Waals surface area (Å²) in [6, 6.07) is 5.89. The first-order valence-corrected chi connectivity index (χ1v) is 6.40. The number of hydrogen-bond donors (Lipinski definition) is 1. The standard InChI is InChI=1S/C14H19ClO3/c1-9(2)12-7-10(4-5-13(12)18-3)6-11(15)8-14(16)17/h4-5,7,9,11H,6,8H2,1-3H3,(H,16,17). The van der Waals surface area contributed by atoms with E-state index in [0.29, 0.717) is 12.3 Å². The lowest BCUT2D eigenvalue weighted by molar-refractivity contribution is -0.137. The van der Waals surface area contributed by atoms with Crippen molar-refractivity contribution >= 4 is 17.6 Å². The van der Waals surface area contributed by atoms with Crippen LogP contribution in [-0.2, 0) is 11.2 Å². The average Bonchev–Trinajstić information content (AvgIpc) is 2.27. The molecule has 0 aromatic heterocycles. The molecule has 1 rings (SSSR count). The second-order valence-corrected chi connectivity index (χ2v) is 5.25.